The predicted octanol–water partition coefficient (Wildman–Crippen LogP) is 3.06. The van der Waals surface area contributed by atoms with Crippen molar-refractivity contribution < 1.29 is 9.47 Å². The van der Waals surface area contributed by atoms with E-state index in [0.29, 0.717) is 6.10 Å². The quantitative estimate of drug-likeness (QED) is 0.424. The Morgan fingerprint density at radius 3 is 2.82 bits per heavy atom. The van der Waals surface area contributed by atoms with Gasteiger partial charge in [0.15, 0.2) is 5.96 Å². The van der Waals surface area contributed by atoms with Gasteiger partial charge in [-0.15, -0.1) is 0 Å². The molecule has 0 spiro atoms. The molecule has 0 amide bonds. The van der Waals surface area contributed by atoms with Crippen molar-refractivity contribution >= 4 is 5.96 Å². The Morgan fingerprint density at radius 1 is 1.21 bits per heavy atom. The van der Waals surface area contributed by atoms with Crippen molar-refractivity contribution in [3.8, 4) is 0 Å². The molecule has 28 heavy (non-hydrogen) atoms. The summed E-state index contributed by atoms with van der Waals surface area (Å²) in [5.74, 6) is 3.42. The molecule has 5 heteroatoms. The third-order valence-electron chi connectivity index (χ3n) is 6.58. The molecule has 1 heterocycles. The third kappa shape index (κ3) is 4.36. The first-order chi connectivity index (χ1) is 13.8. The second kappa shape index (κ2) is 9.27. The molecule has 2 aliphatic carbocycles. The molecule has 3 aliphatic rings. The first kappa shape index (κ1) is 19.7. The van der Waals surface area contributed by atoms with E-state index in [4.69, 9.17) is 14.5 Å². The highest BCUT2D eigenvalue weighted by molar-refractivity contribution is 5.80. The fraction of sp³-hybridized carbons (Fsp3) is 0.696. The van der Waals surface area contributed by atoms with Crippen LogP contribution in [0, 0.1) is 11.8 Å². The maximum Gasteiger partial charge on any atom is 0.193 e. The summed E-state index contributed by atoms with van der Waals surface area (Å²) in [6, 6.07) is 8.98. The predicted molar refractivity (Wildman–Crippen MR) is 113 cm³/mol. The van der Waals surface area contributed by atoms with Crippen molar-refractivity contribution in [1.29, 1.82) is 0 Å². The Hall–Kier alpha value is -1.59. The van der Waals surface area contributed by atoms with Crippen molar-refractivity contribution in [3.05, 3.63) is 35.4 Å². The molecule has 1 saturated heterocycles. The lowest BCUT2D eigenvalue weighted by Crippen LogP contribution is -2.47. The highest BCUT2D eigenvalue weighted by Crippen LogP contribution is 2.61. The standard InChI is InChI=1S/C23H35N3O2/c1-3-24-23(26-11-9-18(10-12-26)28-14-6-13-27-2)25-16-21-20-15-17-7-4-5-8-19(17)22(20)21/h4-5,7-8,18,20-22H,3,6,9-16H2,1-2H3,(H,24,25). The molecule has 1 aliphatic heterocycles. The molecule has 3 unspecified atom stereocenters. The SMILES string of the molecule is CCNC(=NCC1C2Cc3ccccc3C12)N1CCC(OCCCOC)CC1. The number of nitrogens with zero attached hydrogens (tertiary/aromatic N) is 2. The first-order valence-electron chi connectivity index (χ1n) is 11.0. The fourth-order valence-electron chi connectivity index (χ4n) is 5.04. The van der Waals surface area contributed by atoms with E-state index in [1.807, 2.05) is 0 Å². The Balaban J connectivity index is 1.26. The number of nitrogens with one attached hydrogen (secondary N) is 1. The second-order valence-electron chi connectivity index (χ2n) is 8.35. The number of guanidine groups is 1. The Labute approximate surface area is 169 Å². The summed E-state index contributed by atoms with van der Waals surface area (Å²) in [6.07, 6.45) is 4.78. The van der Waals surface area contributed by atoms with Gasteiger partial charge in [-0.3, -0.25) is 4.99 Å². The molecular weight excluding hydrogens is 350 g/mol. The van der Waals surface area contributed by atoms with Crippen LogP contribution in [0.5, 0.6) is 0 Å². The lowest BCUT2D eigenvalue weighted by molar-refractivity contribution is 0.00990. The molecule has 5 nitrogen and oxygen atoms in total. The van der Waals surface area contributed by atoms with Gasteiger partial charge in [-0.05, 0) is 61.5 Å². The van der Waals surface area contributed by atoms with Crippen LogP contribution in [-0.2, 0) is 15.9 Å². The van der Waals surface area contributed by atoms with Crippen LogP contribution in [0.15, 0.2) is 29.3 Å². The minimum absolute atomic E-state index is 0.385. The van der Waals surface area contributed by atoms with Crippen LogP contribution < -0.4 is 5.32 Å². The number of aliphatic imine (C=N–C) groups is 1. The lowest BCUT2D eigenvalue weighted by Gasteiger charge is -2.34. The topological polar surface area (TPSA) is 46.1 Å². The van der Waals surface area contributed by atoms with Gasteiger partial charge in [0, 0.05) is 46.5 Å². The van der Waals surface area contributed by atoms with Crippen LogP contribution in [0.1, 0.15) is 43.2 Å². The maximum absolute atomic E-state index is 6.00. The Morgan fingerprint density at radius 2 is 2.04 bits per heavy atom. The molecule has 1 aromatic carbocycles. The summed E-state index contributed by atoms with van der Waals surface area (Å²) in [6.45, 7) is 7.68. The monoisotopic (exact) mass is 385 g/mol. The Bertz CT molecular complexity index is 670. The molecule has 1 aromatic rings. The van der Waals surface area contributed by atoms with Crippen molar-refractivity contribution in [2.75, 3.05) is 46.5 Å². The highest BCUT2D eigenvalue weighted by Gasteiger charge is 2.55. The Kier molecular flexibility index (Phi) is 6.53. The molecule has 3 atom stereocenters. The smallest absolute Gasteiger partial charge is 0.193 e. The van der Waals surface area contributed by atoms with Gasteiger partial charge in [0.05, 0.1) is 6.10 Å². The van der Waals surface area contributed by atoms with Crippen LogP contribution in [0.3, 0.4) is 0 Å². The van der Waals surface area contributed by atoms with Crippen molar-refractivity contribution in [3.63, 3.8) is 0 Å². The number of likely N-dealkylation sites (tertiary alicyclic amines) is 1. The number of hydrogen-bond acceptors (Lipinski definition) is 3. The lowest BCUT2D eigenvalue weighted by atomic mass is 10.0. The van der Waals surface area contributed by atoms with Gasteiger partial charge in [0.1, 0.15) is 0 Å². The number of benzene rings is 1. The van der Waals surface area contributed by atoms with Crippen LogP contribution in [0.2, 0.25) is 0 Å². The summed E-state index contributed by atoms with van der Waals surface area (Å²) >= 11 is 0. The summed E-state index contributed by atoms with van der Waals surface area (Å²) in [5.41, 5.74) is 3.15. The normalized spacial score (nSPS) is 26.9. The minimum Gasteiger partial charge on any atom is -0.385 e. The molecular formula is C23H35N3O2. The summed E-state index contributed by atoms with van der Waals surface area (Å²) in [7, 11) is 1.74. The zero-order valence-corrected chi connectivity index (χ0v) is 17.4. The van der Waals surface area contributed by atoms with E-state index in [2.05, 4.69) is 41.4 Å². The zero-order valence-electron chi connectivity index (χ0n) is 17.4. The summed E-state index contributed by atoms with van der Waals surface area (Å²) < 4.78 is 11.1. The maximum atomic E-state index is 6.00. The van der Waals surface area contributed by atoms with Crippen molar-refractivity contribution in [2.24, 2.45) is 16.8 Å². The van der Waals surface area contributed by atoms with E-state index in [-0.39, 0.29) is 0 Å². The fourth-order valence-corrected chi connectivity index (χ4v) is 5.04. The van der Waals surface area contributed by atoms with E-state index in [1.165, 1.54) is 6.42 Å². The first-order valence-corrected chi connectivity index (χ1v) is 11.0. The van der Waals surface area contributed by atoms with Gasteiger partial charge in [-0.1, -0.05) is 24.3 Å². The van der Waals surface area contributed by atoms with E-state index in [0.717, 1.165) is 82.4 Å². The number of piperidine rings is 1. The third-order valence-corrected chi connectivity index (χ3v) is 6.58. The number of ether oxygens (including phenoxy) is 2. The van der Waals surface area contributed by atoms with Crippen LogP contribution >= 0.6 is 0 Å². The highest BCUT2D eigenvalue weighted by atomic mass is 16.5. The molecule has 1 saturated carbocycles. The number of methoxy groups -OCH3 is 1. The molecule has 0 bridgehead atoms. The van der Waals surface area contributed by atoms with Gasteiger partial charge < -0.3 is 19.7 Å². The number of rotatable bonds is 8. The molecule has 1 N–H and O–H groups in total. The van der Waals surface area contributed by atoms with E-state index in [1.54, 1.807) is 18.2 Å². The van der Waals surface area contributed by atoms with Gasteiger partial charge in [-0.25, -0.2) is 0 Å². The summed E-state index contributed by atoms with van der Waals surface area (Å²) in [5, 5.41) is 3.51. The minimum atomic E-state index is 0.385. The van der Waals surface area contributed by atoms with Crippen molar-refractivity contribution in [2.45, 2.75) is 44.6 Å². The average Bonchev–Trinajstić information content (AvgIpc) is 3.26. The van der Waals surface area contributed by atoms with E-state index >= 15 is 0 Å². The van der Waals surface area contributed by atoms with Gasteiger partial charge in [0.2, 0.25) is 0 Å². The van der Waals surface area contributed by atoms with Crippen LogP contribution in [0.4, 0.5) is 0 Å². The number of hydrogen-bond donors (Lipinski definition) is 1. The van der Waals surface area contributed by atoms with Crippen LogP contribution in [0.25, 0.3) is 0 Å². The van der Waals surface area contributed by atoms with E-state index < -0.39 is 0 Å². The van der Waals surface area contributed by atoms with Gasteiger partial charge in [0.25, 0.3) is 0 Å². The molecule has 4 rings (SSSR count). The molecule has 0 radical (unpaired) electrons. The van der Waals surface area contributed by atoms with Crippen LogP contribution in [-0.4, -0.2) is 63.5 Å². The van der Waals surface area contributed by atoms with E-state index in [9.17, 15) is 0 Å². The van der Waals surface area contributed by atoms with Gasteiger partial charge in [-0.2, -0.15) is 0 Å². The largest absolute Gasteiger partial charge is 0.385 e. The molecule has 154 valence electrons. The van der Waals surface area contributed by atoms with Gasteiger partial charge >= 0.3 is 0 Å². The van der Waals surface area contributed by atoms with Crippen molar-refractivity contribution in [1.82, 2.24) is 10.2 Å². The molecule has 2 fully saturated rings. The molecule has 0 aromatic heterocycles. The second-order valence-corrected chi connectivity index (χ2v) is 8.35. The average molecular weight is 386 g/mol. The zero-order chi connectivity index (χ0) is 19.3. The number of fused-ring (bicyclic) bond motifs is 3. The summed E-state index contributed by atoms with van der Waals surface area (Å²) in [4.78, 5) is 7.46.